The van der Waals surface area contributed by atoms with Crippen LogP contribution in [0.25, 0.3) is 10.8 Å². The Kier molecular flexibility index (Phi) is 6.81. The highest BCUT2D eigenvalue weighted by molar-refractivity contribution is 5.99. The van der Waals surface area contributed by atoms with Crippen LogP contribution in [0.2, 0.25) is 0 Å². The molecule has 3 heterocycles. The van der Waals surface area contributed by atoms with Gasteiger partial charge in [-0.3, -0.25) is 9.48 Å². The van der Waals surface area contributed by atoms with E-state index in [1.807, 2.05) is 18.2 Å². The highest BCUT2D eigenvalue weighted by Crippen LogP contribution is 2.27. The zero-order valence-electron chi connectivity index (χ0n) is 20.2. The molecule has 0 unspecified atom stereocenters. The van der Waals surface area contributed by atoms with Crippen molar-refractivity contribution in [1.82, 2.24) is 20.1 Å². The van der Waals surface area contributed by atoms with E-state index in [4.69, 9.17) is 9.47 Å². The van der Waals surface area contributed by atoms with Crippen LogP contribution >= 0.6 is 0 Å². The third kappa shape index (κ3) is 5.16. The van der Waals surface area contributed by atoms with Crippen molar-refractivity contribution in [2.45, 2.75) is 24.9 Å². The molecule has 5 rings (SSSR count). The summed E-state index contributed by atoms with van der Waals surface area (Å²) >= 11 is 0. The van der Waals surface area contributed by atoms with Gasteiger partial charge >= 0.3 is 0 Å². The van der Waals surface area contributed by atoms with E-state index in [-0.39, 0.29) is 11.7 Å². The Balaban J connectivity index is 1.41. The van der Waals surface area contributed by atoms with Gasteiger partial charge in [0.2, 0.25) is 0 Å². The Morgan fingerprint density at radius 3 is 2.67 bits per heavy atom. The molecular formula is C27H28FN5O3. The minimum absolute atomic E-state index is 0.142. The second-order valence-electron chi connectivity index (χ2n) is 8.91. The van der Waals surface area contributed by atoms with Gasteiger partial charge in [0.1, 0.15) is 5.82 Å². The number of hydrogen-bond acceptors (Lipinski definition) is 6. The van der Waals surface area contributed by atoms with Crippen LogP contribution in [0.3, 0.4) is 0 Å². The van der Waals surface area contributed by atoms with E-state index < -0.39 is 11.9 Å². The Labute approximate surface area is 208 Å². The maximum Gasteiger partial charge on any atom is 0.252 e. The number of rotatable bonds is 7. The van der Waals surface area contributed by atoms with Crippen LogP contribution in [-0.4, -0.2) is 47.0 Å². The summed E-state index contributed by atoms with van der Waals surface area (Å²) in [4.78, 5) is 17.9. The quantitative estimate of drug-likeness (QED) is 0.404. The normalized spacial score (nSPS) is 15.0. The molecule has 9 heteroatoms. The zero-order chi connectivity index (χ0) is 25.1. The Hall–Kier alpha value is -3.98. The van der Waals surface area contributed by atoms with E-state index in [0.717, 1.165) is 48.2 Å². The maximum atomic E-state index is 14.5. The minimum atomic E-state index is -0.592. The van der Waals surface area contributed by atoms with Crippen LogP contribution < -0.4 is 15.4 Å². The smallest absolute Gasteiger partial charge is 0.252 e. The lowest BCUT2D eigenvalue weighted by Gasteiger charge is -2.23. The highest BCUT2D eigenvalue weighted by atomic mass is 19.1. The number of nitrogens with one attached hydrogen (secondary N) is 2. The number of nitrogens with zero attached hydrogens (tertiary/aromatic N) is 3. The topological polar surface area (TPSA) is 90.3 Å². The number of carbonyl (C=O) groups excluding carboxylic acids is 1. The molecule has 8 nitrogen and oxygen atoms in total. The fraction of sp³-hybridized carbons (Fsp3) is 0.296. The van der Waals surface area contributed by atoms with Crippen molar-refractivity contribution in [1.29, 1.82) is 0 Å². The van der Waals surface area contributed by atoms with Gasteiger partial charge in [-0.1, -0.05) is 12.1 Å². The first-order chi connectivity index (χ1) is 17.5. The van der Waals surface area contributed by atoms with Gasteiger partial charge in [-0.2, -0.15) is 5.10 Å². The Bertz CT molecular complexity index is 1380. The van der Waals surface area contributed by atoms with Gasteiger partial charge in [0, 0.05) is 55.2 Å². The van der Waals surface area contributed by atoms with Crippen molar-refractivity contribution in [2.24, 2.45) is 7.05 Å². The zero-order valence-corrected chi connectivity index (χ0v) is 20.2. The summed E-state index contributed by atoms with van der Waals surface area (Å²) in [6, 6.07) is 11.8. The van der Waals surface area contributed by atoms with Crippen molar-refractivity contribution in [3.63, 3.8) is 0 Å². The summed E-state index contributed by atoms with van der Waals surface area (Å²) in [5.74, 6) is 0.135. The molecule has 0 aliphatic carbocycles. The van der Waals surface area contributed by atoms with E-state index in [0.29, 0.717) is 17.2 Å². The molecule has 2 aromatic heterocycles. The van der Waals surface area contributed by atoms with Gasteiger partial charge in [-0.05, 0) is 54.1 Å². The summed E-state index contributed by atoms with van der Waals surface area (Å²) in [5.41, 5.74) is 1.82. The van der Waals surface area contributed by atoms with Crippen LogP contribution in [0.4, 0.5) is 10.2 Å². The minimum Gasteiger partial charge on any atom is -0.494 e. The van der Waals surface area contributed by atoms with Crippen molar-refractivity contribution in [3.05, 3.63) is 83.6 Å². The standard InChI is InChI=1S/C27H28FN5O3/c1-33-16-21(15-30-33)26(17-5-6-24(35-2)23(28)12-17)32-27(34)18-3-4-19-14-29-25(13-20(19)11-18)31-22-7-9-36-10-8-22/h3-6,11-16,22,26H,7-10H2,1-2H3,(H,29,31)(H,32,34)/t26-/m0/s1. The lowest BCUT2D eigenvalue weighted by atomic mass is 10.00. The third-order valence-electron chi connectivity index (χ3n) is 6.40. The molecule has 186 valence electrons. The lowest BCUT2D eigenvalue weighted by molar-refractivity contribution is 0.0903. The van der Waals surface area contributed by atoms with E-state index in [9.17, 15) is 9.18 Å². The molecule has 0 spiro atoms. The molecule has 1 aliphatic rings. The fourth-order valence-electron chi connectivity index (χ4n) is 4.44. The second-order valence-corrected chi connectivity index (χ2v) is 8.91. The number of benzene rings is 2. The number of amides is 1. The molecule has 2 N–H and O–H groups in total. The molecule has 0 radical (unpaired) electrons. The predicted molar refractivity (Wildman–Crippen MR) is 135 cm³/mol. The molecule has 0 bridgehead atoms. The largest absolute Gasteiger partial charge is 0.494 e. The first-order valence-corrected chi connectivity index (χ1v) is 11.9. The van der Waals surface area contributed by atoms with Gasteiger partial charge in [-0.15, -0.1) is 0 Å². The van der Waals surface area contributed by atoms with Crippen LogP contribution in [0.5, 0.6) is 5.75 Å². The first kappa shape index (κ1) is 23.7. The molecule has 1 amide bonds. The molecule has 1 fully saturated rings. The molecule has 4 aromatic rings. The summed E-state index contributed by atoms with van der Waals surface area (Å²) in [7, 11) is 3.21. The number of carbonyl (C=O) groups is 1. The number of aromatic nitrogens is 3. The van der Waals surface area contributed by atoms with Crippen molar-refractivity contribution in [2.75, 3.05) is 25.6 Å². The van der Waals surface area contributed by atoms with E-state index in [2.05, 4.69) is 20.7 Å². The lowest BCUT2D eigenvalue weighted by Crippen LogP contribution is -2.29. The number of hydrogen-bond donors (Lipinski definition) is 2. The monoisotopic (exact) mass is 489 g/mol. The molecule has 36 heavy (non-hydrogen) atoms. The second kappa shape index (κ2) is 10.3. The van der Waals surface area contributed by atoms with Crippen LogP contribution in [0, 0.1) is 5.82 Å². The highest BCUT2D eigenvalue weighted by Gasteiger charge is 2.21. The third-order valence-corrected chi connectivity index (χ3v) is 6.40. The van der Waals surface area contributed by atoms with E-state index in [1.165, 1.54) is 13.2 Å². The van der Waals surface area contributed by atoms with Gasteiger partial charge in [-0.25, -0.2) is 9.37 Å². The predicted octanol–water partition coefficient (Wildman–Crippen LogP) is 4.23. The average Bonchev–Trinajstić information content (AvgIpc) is 3.33. The first-order valence-electron chi connectivity index (χ1n) is 11.9. The summed E-state index contributed by atoms with van der Waals surface area (Å²) in [6.07, 6.45) is 7.13. The number of methoxy groups -OCH3 is 1. The van der Waals surface area contributed by atoms with E-state index in [1.54, 1.807) is 48.5 Å². The fourth-order valence-corrected chi connectivity index (χ4v) is 4.44. The molecular weight excluding hydrogens is 461 g/mol. The summed E-state index contributed by atoms with van der Waals surface area (Å²) < 4.78 is 26.6. The van der Waals surface area contributed by atoms with Crippen LogP contribution in [0.15, 0.2) is 61.1 Å². The van der Waals surface area contributed by atoms with Crippen molar-refractivity contribution >= 4 is 22.5 Å². The number of aryl methyl sites for hydroxylation is 1. The molecule has 1 atom stereocenters. The number of pyridine rings is 1. The van der Waals surface area contributed by atoms with Crippen LogP contribution in [-0.2, 0) is 11.8 Å². The summed E-state index contributed by atoms with van der Waals surface area (Å²) in [6.45, 7) is 1.48. The SMILES string of the molecule is COc1ccc([C@H](NC(=O)c2ccc3cnc(NC4CCOCC4)cc3c2)c2cnn(C)c2)cc1F. The Morgan fingerprint density at radius 2 is 1.94 bits per heavy atom. The van der Waals surface area contributed by atoms with Gasteiger partial charge in [0.25, 0.3) is 5.91 Å². The van der Waals surface area contributed by atoms with Gasteiger partial charge in [0.05, 0.1) is 19.3 Å². The summed E-state index contributed by atoms with van der Waals surface area (Å²) in [5, 5.41) is 12.6. The van der Waals surface area contributed by atoms with Crippen molar-refractivity contribution in [3.8, 4) is 5.75 Å². The number of ether oxygens (including phenoxy) is 2. The van der Waals surface area contributed by atoms with E-state index >= 15 is 0 Å². The molecule has 1 saturated heterocycles. The number of fused-ring (bicyclic) bond motifs is 1. The maximum absolute atomic E-state index is 14.5. The molecule has 2 aromatic carbocycles. The average molecular weight is 490 g/mol. The van der Waals surface area contributed by atoms with Crippen molar-refractivity contribution < 1.29 is 18.7 Å². The Morgan fingerprint density at radius 1 is 1.11 bits per heavy atom. The van der Waals surface area contributed by atoms with Crippen LogP contribution in [0.1, 0.15) is 40.4 Å². The number of anilines is 1. The van der Waals surface area contributed by atoms with Gasteiger partial charge in [0.15, 0.2) is 11.6 Å². The van der Waals surface area contributed by atoms with Gasteiger partial charge < -0.3 is 20.1 Å². The molecule has 0 saturated carbocycles. The number of halogens is 1. The molecule has 1 aliphatic heterocycles.